The van der Waals surface area contributed by atoms with Gasteiger partial charge in [-0.3, -0.25) is 0 Å². The van der Waals surface area contributed by atoms with Gasteiger partial charge in [-0.15, -0.1) is 0 Å². The van der Waals surface area contributed by atoms with Crippen molar-refractivity contribution in [1.29, 1.82) is 0 Å². The molecule has 0 atom stereocenters. The standard InChI is InChI=1S/C26H19BrClP/c27-29(24-13-4-1-5-14-24,25-15-6-2-7-16-25,26-17-8-3-9-18-26)20-19-22-11-10-12-23(28)21-22/h1-18,21H. The van der Waals surface area contributed by atoms with Crippen molar-refractivity contribution in [3.63, 3.8) is 0 Å². The summed E-state index contributed by atoms with van der Waals surface area (Å²) >= 11 is 10.5. The van der Waals surface area contributed by atoms with Gasteiger partial charge in [0.15, 0.2) is 0 Å². The van der Waals surface area contributed by atoms with Crippen LogP contribution in [0.4, 0.5) is 0 Å². The van der Waals surface area contributed by atoms with Crippen molar-refractivity contribution in [2.75, 3.05) is 0 Å². The summed E-state index contributed by atoms with van der Waals surface area (Å²) in [7, 11) is 0. The summed E-state index contributed by atoms with van der Waals surface area (Å²) in [4.78, 5) is 0. The maximum absolute atomic E-state index is 6.21. The summed E-state index contributed by atoms with van der Waals surface area (Å²) in [6.07, 6.45) is 0. The molecular weight excluding hydrogens is 459 g/mol. The van der Waals surface area contributed by atoms with E-state index in [-0.39, 0.29) is 0 Å². The van der Waals surface area contributed by atoms with Gasteiger partial charge in [0, 0.05) is 0 Å². The molecule has 4 aromatic rings. The molecule has 0 N–H and O–H groups in total. The number of rotatable bonds is 3. The van der Waals surface area contributed by atoms with Gasteiger partial charge >= 0.3 is 186 Å². The van der Waals surface area contributed by atoms with Crippen LogP contribution in [-0.4, -0.2) is 0 Å². The Morgan fingerprint density at radius 3 is 1.45 bits per heavy atom. The monoisotopic (exact) mass is 476 g/mol. The van der Waals surface area contributed by atoms with Crippen LogP contribution < -0.4 is 15.9 Å². The summed E-state index contributed by atoms with van der Waals surface area (Å²) in [5.74, 6) is 3.44. The molecule has 0 radical (unpaired) electrons. The molecule has 29 heavy (non-hydrogen) atoms. The second-order valence-electron chi connectivity index (χ2n) is 6.76. The van der Waals surface area contributed by atoms with Crippen molar-refractivity contribution in [3.05, 3.63) is 126 Å². The van der Waals surface area contributed by atoms with Gasteiger partial charge in [-0.2, -0.15) is 0 Å². The zero-order valence-electron chi connectivity index (χ0n) is 15.7. The average molecular weight is 478 g/mol. The third kappa shape index (κ3) is 3.65. The van der Waals surface area contributed by atoms with Crippen molar-refractivity contribution in [1.82, 2.24) is 0 Å². The molecular formula is C26H19BrClP. The van der Waals surface area contributed by atoms with Crippen LogP contribution >= 0.6 is 32.4 Å². The molecule has 0 heterocycles. The Kier molecular flexibility index (Phi) is 5.62. The van der Waals surface area contributed by atoms with E-state index in [4.69, 9.17) is 11.6 Å². The maximum atomic E-state index is 6.21. The van der Waals surface area contributed by atoms with Gasteiger partial charge in [0.05, 0.1) is 0 Å². The van der Waals surface area contributed by atoms with Crippen LogP contribution in [0.15, 0.2) is 115 Å². The number of benzene rings is 4. The molecule has 0 nitrogen and oxygen atoms in total. The Bertz CT molecular complexity index is 1080. The third-order valence-corrected chi connectivity index (χ3v) is 13.7. The van der Waals surface area contributed by atoms with E-state index in [2.05, 4.69) is 99.9 Å². The van der Waals surface area contributed by atoms with Crippen LogP contribution in [-0.2, 0) is 0 Å². The second-order valence-corrected chi connectivity index (χ2v) is 15.2. The van der Waals surface area contributed by atoms with Gasteiger partial charge in [-0.05, 0) is 0 Å². The quantitative estimate of drug-likeness (QED) is 0.234. The molecule has 0 amide bonds. The van der Waals surface area contributed by atoms with Gasteiger partial charge in [-0.1, -0.05) is 0 Å². The summed E-state index contributed by atoms with van der Waals surface area (Å²) in [6, 6.07) is 39.3. The first-order valence-electron chi connectivity index (χ1n) is 9.31. The molecule has 0 saturated heterocycles. The van der Waals surface area contributed by atoms with E-state index in [1.54, 1.807) is 0 Å². The van der Waals surface area contributed by atoms with Gasteiger partial charge in [0.25, 0.3) is 0 Å². The average Bonchev–Trinajstić information content (AvgIpc) is 2.79. The second kappa shape index (κ2) is 8.17. The molecule has 0 aliphatic rings. The topological polar surface area (TPSA) is 0 Å². The fraction of sp³-hybridized carbons (Fsp3) is 0. The Labute approximate surface area is 185 Å². The summed E-state index contributed by atoms with van der Waals surface area (Å²) < 4.78 is 0. The van der Waals surface area contributed by atoms with Crippen LogP contribution in [0, 0.1) is 11.6 Å². The first kappa shape index (κ1) is 19.9. The van der Waals surface area contributed by atoms with Crippen LogP contribution in [0.25, 0.3) is 0 Å². The minimum absolute atomic E-state index is 0.686. The van der Waals surface area contributed by atoms with Crippen LogP contribution in [0.3, 0.4) is 0 Å². The third-order valence-electron chi connectivity index (χ3n) is 4.96. The molecule has 0 bridgehead atoms. The Morgan fingerprint density at radius 2 is 1.03 bits per heavy atom. The van der Waals surface area contributed by atoms with Crippen molar-refractivity contribution < 1.29 is 0 Å². The van der Waals surface area contributed by atoms with E-state index in [9.17, 15) is 0 Å². The molecule has 0 aliphatic carbocycles. The summed E-state index contributed by atoms with van der Waals surface area (Å²) in [5, 5.41) is 0.971. The normalized spacial score (nSPS) is 12.3. The molecule has 0 unspecified atom stereocenters. The molecule has 0 aliphatic heterocycles. The fourth-order valence-corrected chi connectivity index (χ4v) is 9.90. The van der Waals surface area contributed by atoms with Crippen molar-refractivity contribution in [3.8, 4) is 11.6 Å². The zero-order chi connectivity index (χ0) is 20.2. The minimum atomic E-state index is -3.23. The Hall–Kier alpha value is -2.36. The Balaban J connectivity index is 2.11. The molecule has 3 heteroatoms. The number of hydrogen-bond donors (Lipinski definition) is 0. The van der Waals surface area contributed by atoms with Crippen molar-refractivity contribution in [2.45, 2.75) is 0 Å². The van der Waals surface area contributed by atoms with Gasteiger partial charge < -0.3 is 0 Å². The van der Waals surface area contributed by atoms with Crippen LogP contribution in [0.5, 0.6) is 0 Å². The molecule has 4 aromatic carbocycles. The fourth-order valence-electron chi connectivity index (χ4n) is 3.50. The van der Waals surface area contributed by atoms with E-state index < -0.39 is 5.31 Å². The first-order chi connectivity index (χ1) is 14.1. The van der Waals surface area contributed by atoms with Crippen LogP contribution in [0.2, 0.25) is 5.02 Å². The van der Waals surface area contributed by atoms with Gasteiger partial charge in [0.1, 0.15) is 0 Å². The SMILES string of the molecule is Clc1cccc(C#CP(Br)(c2ccccc2)(c2ccccc2)c2ccccc2)c1. The first-order valence-corrected chi connectivity index (χ1v) is 13.9. The molecule has 0 aromatic heterocycles. The van der Waals surface area contributed by atoms with Gasteiger partial charge in [0.2, 0.25) is 0 Å². The van der Waals surface area contributed by atoms with Crippen molar-refractivity contribution >= 4 is 48.3 Å². The predicted octanol–water partition coefficient (Wildman–Crippen LogP) is 6.49. The van der Waals surface area contributed by atoms with Crippen molar-refractivity contribution in [2.24, 2.45) is 0 Å². The summed E-state index contributed by atoms with van der Waals surface area (Å²) in [6.45, 7) is 0. The number of hydrogen-bond acceptors (Lipinski definition) is 0. The molecule has 4 rings (SSSR count). The summed E-state index contributed by atoms with van der Waals surface area (Å²) in [5.41, 5.74) is 4.64. The predicted molar refractivity (Wildman–Crippen MR) is 132 cm³/mol. The molecule has 142 valence electrons. The van der Waals surface area contributed by atoms with E-state index in [0.29, 0.717) is 5.02 Å². The van der Waals surface area contributed by atoms with Gasteiger partial charge in [-0.25, -0.2) is 0 Å². The molecule has 0 fully saturated rings. The Morgan fingerprint density at radius 1 is 0.586 bits per heavy atom. The molecule has 0 saturated carbocycles. The number of halogens is 2. The van der Waals surface area contributed by atoms with Crippen LogP contribution in [0.1, 0.15) is 5.56 Å². The van der Waals surface area contributed by atoms with E-state index in [0.717, 1.165) is 5.56 Å². The van der Waals surface area contributed by atoms with E-state index >= 15 is 0 Å². The van der Waals surface area contributed by atoms with E-state index in [1.807, 2.05) is 42.5 Å². The zero-order valence-corrected chi connectivity index (χ0v) is 18.9. The van der Waals surface area contributed by atoms with E-state index in [1.165, 1.54) is 15.9 Å². The molecule has 0 spiro atoms.